The molecule has 0 saturated heterocycles. The lowest BCUT2D eigenvalue weighted by Crippen LogP contribution is -1.99. The summed E-state index contributed by atoms with van der Waals surface area (Å²) in [6.07, 6.45) is 0. The second-order valence-corrected chi connectivity index (χ2v) is 12.1. The Labute approximate surface area is 310 Å². The topological polar surface area (TPSA) is 38.7 Å². The van der Waals surface area contributed by atoms with Gasteiger partial charge in [-0.2, -0.15) is 0 Å². The van der Waals surface area contributed by atoms with Crippen LogP contribution in [0.3, 0.4) is 0 Å². The van der Waals surface area contributed by atoms with Crippen molar-refractivity contribution >= 4 is 63.8 Å². The van der Waals surface area contributed by atoms with Crippen LogP contribution in [0.15, 0.2) is 163 Å². The Morgan fingerprint density at radius 1 is 0.388 bits per heavy atom. The number of hydrogen-bond acceptors (Lipinski definition) is 4. The first-order chi connectivity index (χ1) is 31.4. The maximum atomic E-state index is 9.83. The predicted molar refractivity (Wildman–Crippen MR) is 207 cm³/mol. The summed E-state index contributed by atoms with van der Waals surface area (Å²) >= 11 is 0.811. The van der Waals surface area contributed by atoms with Crippen molar-refractivity contribution in [3.8, 4) is 45.3 Å². The number of thiophene rings is 1. The highest BCUT2D eigenvalue weighted by Crippen LogP contribution is 2.43. The quantitative estimate of drug-likeness (QED) is 0.177. The van der Waals surface area contributed by atoms with E-state index in [0.717, 1.165) is 11.3 Å². The SMILES string of the molecule is [2H]c1c([2H])c(-c2c([2H])c([2H])c3c4c([2H])c([2H])c([2H])c([2H])c4c4c([2H])c([2H])c([2H])c([2H])c4c3c2[2H])c2c(sc3c([2H])c(-c4nc(-c5ccccc5)nc(-c5ccccc5)n4)c([2H])c([2H])c32)c1[2H]. The van der Waals surface area contributed by atoms with Gasteiger partial charge in [0.1, 0.15) is 0 Å². The molecule has 8 aromatic carbocycles. The van der Waals surface area contributed by atoms with Gasteiger partial charge in [-0.25, -0.2) is 15.0 Å². The van der Waals surface area contributed by atoms with Crippen LogP contribution in [0.2, 0.25) is 0 Å². The molecule has 0 fully saturated rings. The maximum absolute atomic E-state index is 9.83. The smallest absolute Gasteiger partial charge is 0.164 e. The molecule has 0 unspecified atom stereocenters. The van der Waals surface area contributed by atoms with Gasteiger partial charge in [0.05, 0.1) is 23.3 Å². The van der Waals surface area contributed by atoms with Gasteiger partial charge in [0.25, 0.3) is 0 Å². The van der Waals surface area contributed by atoms with Crippen molar-refractivity contribution in [2.75, 3.05) is 0 Å². The molecule has 0 aliphatic carbocycles. The summed E-state index contributed by atoms with van der Waals surface area (Å²) in [6, 6.07) is 6.86. The van der Waals surface area contributed by atoms with Crippen molar-refractivity contribution in [2.24, 2.45) is 0 Å². The van der Waals surface area contributed by atoms with Crippen LogP contribution >= 0.6 is 11.3 Å². The van der Waals surface area contributed by atoms with E-state index in [2.05, 4.69) is 15.0 Å². The summed E-state index contributed by atoms with van der Waals surface area (Å²) in [7, 11) is 0. The van der Waals surface area contributed by atoms with E-state index in [4.69, 9.17) is 13.7 Å². The van der Waals surface area contributed by atoms with Crippen molar-refractivity contribution in [1.82, 2.24) is 15.0 Å². The van der Waals surface area contributed by atoms with Crippen molar-refractivity contribution in [1.29, 1.82) is 0 Å². The van der Waals surface area contributed by atoms with Crippen LogP contribution in [0.1, 0.15) is 23.3 Å². The second kappa shape index (κ2) is 11.2. The Balaban J connectivity index is 1.36. The van der Waals surface area contributed by atoms with Gasteiger partial charge >= 0.3 is 0 Å². The van der Waals surface area contributed by atoms with Gasteiger partial charge in [0.2, 0.25) is 0 Å². The molecular formula is C45H27N3S. The van der Waals surface area contributed by atoms with E-state index in [0.29, 0.717) is 11.1 Å². The van der Waals surface area contributed by atoms with Crippen LogP contribution in [-0.4, -0.2) is 15.0 Å². The first-order valence-corrected chi connectivity index (χ1v) is 15.9. The molecular weight excluding hydrogens is 615 g/mol. The van der Waals surface area contributed by atoms with Crippen molar-refractivity contribution in [3.63, 3.8) is 0 Å². The van der Waals surface area contributed by atoms with Gasteiger partial charge in [-0.15, -0.1) is 11.3 Å². The Kier molecular flexibility index (Phi) is 3.60. The molecule has 49 heavy (non-hydrogen) atoms. The molecule has 10 aromatic rings. The molecule has 0 aliphatic heterocycles. The Morgan fingerprint density at radius 3 is 1.51 bits per heavy atom. The molecule has 0 N–H and O–H groups in total. The van der Waals surface area contributed by atoms with Gasteiger partial charge in [0, 0.05) is 36.9 Å². The monoisotopic (exact) mass is 658 g/mol. The third kappa shape index (κ3) is 4.61. The normalized spacial score (nSPS) is 16.5. The minimum atomic E-state index is -0.764. The van der Waals surface area contributed by atoms with Crippen molar-refractivity contribution in [3.05, 3.63) is 163 Å². The lowest BCUT2D eigenvalue weighted by atomic mass is 9.91. The van der Waals surface area contributed by atoms with E-state index < -0.39 is 108 Å². The fraction of sp³-hybridized carbons (Fsp3) is 0. The standard InChI is InChI=1S/C45H27N3S/c1-3-12-28(13-4-1)43-46-44(29-14-5-2-6-15-29)48-45(47-43)31-23-25-38-41(27-31)49-40-21-11-20-32(42(38)40)30-22-24-37-35-18-8-7-16-33(35)34-17-9-10-19-36(34)39(37)26-30/h1-27H/i7D,8D,9D,10D,11D,16D,17D,18D,19D,20D,21D,22D,23D,24D,25D,26D,27D. The minimum absolute atomic E-state index is 0.0233. The van der Waals surface area contributed by atoms with Gasteiger partial charge < -0.3 is 0 Å². The van der Waals surface area contributed by atoms with Crippen LogP contribution in [0.5, 0.6) is 0 Å². The molecule has 2 aromatic heterocycles. The third-order valence-electron chi connectivity index (χ3n) is 8.18. The fourth-order valence-corrected chi connectivity index (χ4v) is 6.97. The second-order valence-electron chi connectivity index (χ2n) is 11.0. The largest absolute Gasteiger partial charge is 0.208 e. The van der Waals surface area contributed by atoms with E-state index in [1.165, 1.54) is 0 Å². The van der Waals surface area contributed by atoms with Gasteiger partial charge in [0.15, 0.2) is 17.5 Å². The zero-order valence-electron chi connectivity index (χ0n) is 42.0. The van der Waals surface area contributed by atoms with Crippen LogP contribution in [0.4, 0.5) is 0 Å². The lowest BCUT2D eigenvalue weighted by Gasteiger charge is -2.12. The van der Waals surface area contributed by atoms with Gasteiger partial charge in [-0.05, 0) is 61.6 Å². The molecule has 0 saturated carbocycles. The zero-order valence-corrected chi connectivity index (χ0v) is 25.8. The van der Waals surface area contributed by atoms with E-state index >= 15 is 0 Å². The number of nitrogens with zero attached hydrogens (tertiary/aromatic N) is 3. The van der Waals surface area contributed by atoms with E-state index in [9.17, 15) is 9.60 Å². The number of rotatable bonds is 4. The molecule has 0 amide bonds. The van der Waals surface area contributed by atoms with E-state index in [-0.39, 0.29) is 81.7 Å². The summed E-state index contributed by atoms with van der Waals surface area (Å²) in [5.41, 5.74) is 0.170. The summed E-state index contributed by atoms with van der Waals surface area (Å²) in [6.45, 7) is 0. The molecule has 10 rings (SSSR count). The highest BCUT2D eigenvalue weighted by Gasteiger charge is 2.17. The summed E-state index contributed by atoms with van der Waals surface area (Å²) < 4.78 is 154. The summed E-state index contributed by atoms with van der Waals surface area (Å²) in [5, 5.41) is -2.51. The number of fused-ring (bicyclic) bond motifs is 9. The molecule has 2 heterocycles. The van der Waals surface area contributed by atoms with Crippen LogP contribution in [0.25, 0.3) is 97.8 Å². The Morgan fingerprint density at radius 2 is 0.898 bits per heavy atom. The average Bonchev–Trinajstić information content (AvgIpc) is 3.73. The van der Waals surface area contributed by atoms with Gasteiger partial charge in [-0.3, -0.25) is 0 Å². The highest BCUT2D eigenvalue weighted by atomic mass is 32.1. The molecule has 0 bridgehead atoms. The fourth-order valence-electron chi connectivity index (χ4n) is 5.95. The molecule has 0 radical (unpaired) electrons. The van der Waals surface area contributed by atoms with Crippen LogP contribution in [-0.2, 0) is 0 Å². The number of aromatic nitrogens is 3. The summed E-state index contributed by atoms with van der Waals surface area (Å²) in [4.78, 5) is 14.0. The molecule has 228 valence electrons. The first-order valence-electron chi connectivity index (χ1n) is 23.6. The molecule has 0 aliphatic rings. The van der Waals surface area contributed by atoms with Crippen LogP contribution in [0, 0.1) is 0 Å². The Hall–Kier alpha value is -6.23. The molecule has 4 heteroatoms. The van der Waals surface area contributed by atoms with Crippen molar-refractivity contribution in [2.45, 2.75) is 0 Å². The molecule has 0 atom stereocenters. The van der Waals surface area contributed by atoms with E-state index in [1.54, 1.807) is 48.5 Å². The lowest BCUT2D eigenvalue weighted by molar-refractivity contribution is 1.07. The molecule has 3 nitrogen and oxygen atoms in total. The predicted octanol–water partition coefficient (Wildman–Crippen LogP) is 12.4. The first kappa shape index (κ1) is 15.8. The van der Waals surface area contributed by atoms with Crippen molar-refractivity contribution < 1.29 is 23.3 Å². The van der Waals surface area contributed by atoms with Gasteiger partial charge in [-0.1, -0.05) is 145 Å². The van der Waals surface area contributed by atoms with Crippen LogP contribution < -0.4 is 0 Å². The zero-order chi connectivity index (χ0) is 47.1. The molecule has 0 spiro atoms. The average molecular weight is 659 g/mol. The maximum Gasteiger partial charge on any atom is 0.164 e. The Bertz CT molecular complexity index is 3740. The van der Waals surface area contributed by atoms with E-state index in [1.807, 2.05) is 12.1 Å². The third-order valence-corrected chi connectivity index (χ3v) is 9.20. The minimum Gasteiger partial charge on any atom is -0.208 e. The number of benzene rings is 8. The number of hydrogen-bond donors (Lipinski definition) is 0. The summed E-state index contributed by atoms with van der Waals surface area (Å²) in [5.74, 6) is 0.351. The highest BCUT2D eigenvalue weighted by molar-refractivity contribution is 7.26.